The van der Waals surface area contributed by atoms with Gasteiger partial charge in [-0.3, -0.25) is 9.16 Å². The predicted octanol–water partition coefficient (Wildman–Crippen LogP) is 0.569. The van der Waals surface area contributed by atoms with Gasteiger partial charge in [0.05, 0.1) is 0 Å². The topological polar surface area (TPSA) is 52.1 Å². The fourth-order valence-electron chi connectivity index (χ4n) is 0.201. The molecule has 6 heteroatoms. The van der Waals surface area contributed by atoms with E-state index in [1.54, 1.807) is 6.26 Å². The first-order valence-electron chi connectivity index (χ1n) is 1.57. The first-order chi connectivity index (χ1) is 3.07. The van der Waals surface area contributed by atoms with Gasteiger partial charge in [0, 0.05) is 0 Å². The van der Waals surface area contributed by atoms with Crippen LogP contribution in [0.15, 0.2) is 0 Å². The van der Waals surface area contributed by atoms with Gasteiger partial charge in [-0.2, -0.15) is 0 Å². The molecule has 1 saturated heterocycles. The molecular formula is CH5N2O2PS-2. The summed E-state index contributed by atoms with van der Waals surface area (Å²) < 4.78 is 0.856. The van der Waals surface area contributed by atoms with Crippen molar-refractivity contribution in [2.45, 2.75) is 0 Å². The molecular weight excluding hydrogens is 135 g/mol. The molecule has 0 aromatic carbocycles. The fourth-order valence-corrected chi connectivity index (χ4v) is 1.50. The largest absolute Gasteiger partial charge is 0.762 e. The standard InChI is InChI=1S/CH5N2O2PS/c1-7(6)2(4)3(7)5/h6H2,1H3/q-2. The summed E-state index contributed by atoms with van der Waals surface area (Å²) in [4.78, 5) is 0. The maximum Gasteiger partial charge on any atom is -0.00610 e. The summed E-state index contributed by atoms with van der Waals surface area (Å²) in [5.41, 5.74) is 0. The molecule has 0 amide bonds. The minimum absolute atomic E-state index is 0.428. The molecule has 0 N–H and O–H groups in total. The highest BCUT2D eigenvalue weighted by Crippen LogP contribution is 2.73. The summed E-state index contributed by atoms with van der Waals surface area (Å²) in [6.07, 6.45) is 1.61. The number of hydrazine groups is 1. The number of hydrogen-bond acceptors (Lipinski definition) is 4. The van der Waals surface area contributed by atoms with Crippen LogP contribution in [0, 0.1) is 10.4 Å². The van der Waals surface area contributed by atoms with Crippen molar-refractivity contribution < 1.29 is 0 Å². The zero-order valence-electron chi connectivity index (χ0n) is 3.70. The number of hydrogen-bond donors (Lipinski definition) is 0. The van der Waals surface area contributed by atoms with Gasteiger partial charge in [0.2, 0.25) is 0 Å². The predicted molar refractivity (Wildman–Crippen MR) is 33.6 cm³/mol. The molecule has 1 rings (SSSR count). The highest BCUT2D eigenvalue weighted by Gasteiger charge is 2.32. The summed E-state index contributed by atoms with van der Waals surface area (Å²) in [7, 11) is 0.613. The van der Waals surface area contributed by atoms with Crippen LogP contribution in [0.5, 0.6) is 0 Å². The van der Waals surface area contributed by atoms with Crippen molar-refractivity contribution in [1.29, 1.82) is 0 Å². The Labute approximate surface area is 45.1 Å². The molecule has 1 fully saturated rings. The van der Waals surface area contributed by atoms with Gasteiger partial charge in [-0.25, -0.2) is 0 Å². The lowest BCUT2D eigenvalue weighted by atomic mass is 12.0. The van der Waals surface area contributed by atoms with Crippen LogP contribution in [0.25, 0.3) is 0 Å². The molecule has 0 radical (unpaired) electrons. The summed E-state index contributed by atoms with van der Waals surface area (Å²) in [5, 5.41) is 20.2. The van der Waals surface area contributed by atoms with Gasteiger partial charge in [-0.15, -0.1) is 10.0 Å². The Balaban J connectivity index is 2.52. The van der Waals surface area contributed by atoms with Gasteiger partial charge >= 0.3 is 0 Å². The van der Waals surface area contributed by atoms with E-state index < -0.39 is 10.0 Å². The van der Waals surface area contributed by atoms with E-state index in [-0.39, 0.29) is 0 Å². The average molecular weight is 140 g/mol. The van der Waals surface area contributed by atoms with Crippen LogP contribution in [0.1, 0.15) is 0 Å². The summed E-state index contributed by atoms with van der Waals surface area (Å²) >= 11 is 0. The Bertz CT molecular complexity index is 87.7. The summed E-state index contributed by atoms with van der Waals surface area (Å²) in [6.45, 7) is 0. The Morgan fingerprint density at radius 2 is 1.57 bits per heavy atom. The van der Waals surface area contributed by atoms with Crippen molar-refractivity contribution >= 4 is 18.5 Å². The van der Waals surface area contributed by atoms with E-state index in [0.29, 0.717) is 9.16 Å². The Hall–Kier alpha value is 0.620. The molecule has 1 aliphatic rings. The first kappa shape index (κ1) is 5.75. The van der Waals surface area contributed by atoms with Crippen LogP contribution in [0.2, 0.25) is 0 Å². The molecule has 4 nitrogen and oxygen atoms in total. The van der Waals surface area contributed by atoms with E-state index in [4.69, 9.17) is 0 Å². The smallest absolute Gasteiger partial charge is 0.00610 e. The first-order valence-corrected chi connectivity index (χ1v) is 5.01. The van der Waals surface area contributed by atoms with Crippen molar-refractivity contribution in [2.75, 3.05) is 6.26 Å². The lowest BCUT2D eigenvalue weighted by molar-refractivity contribution is 0.492. The summed E-state index contributed by atoms with van der Waals surface area (Å²) in [5.74, 6) is 0. The van der Waals surface area contributed by atoms with E-state index in [2.05, 4.69) is 8.44 Å². The van der Waals surface area contributed by atoms with E-state index in [1.807, 2.05) is 0 Å². The highest BCUT2D eigenvalue weighted by atomic mass is 32.8. The molecule has 0 aromatic heterocycles. The molecule has 44 valence electrons. The maximum absolute atomic E-state index is 10.1. The second kappa shape index (κ2) is 1.31. The van der Waals surface area contributed by atoms with Gasteiger partial charge in [0.15, 0.2) is 0 Å². The number of nitrogens with zero attached hydrogens (tertiary/aromatic N) is 2. The molecule has 1 heterocycles. The number of rotatable bonds is 0. The van der Waals surface area contributed by atoms with Crippen molar-refractivity contribution in [3.8, 4) is 0 Å². The lowest BCUT2D eigenvalue weighted by Gasteiger charge is -2.07. The van der Waals surface area contributed by atoms with Crippen molar-refractivity contribution in [3.63, 3.8) is 0 Å². The van der Waals surface area contributed by atoms with Gasteiger partial charge in [-0.05, 0) is 6.26 Å². The Morgan fingerprint density at radius 1 is 1.43 bits per heavy atom. The normalized spacial score (nSPS) is 69.1. The third-order valence-electron chi connectivity index (χ3n) is 0.741. The van der Waals surface area contributed by atoms with Crippen LogP contribution in [-0.4, -0.2) is 15.4 Å². The molecule has 0 spiro atoms. The van der Waals surface area contributed by atoms with Crippen LogP contribution in [-0.2, 0) is 0 Å². The van der Waals surface area contributed by atoms with Gasteiger partial charge in [0.25, 0.3) is 0 Å². The van der Waals surface area contributed by atoms with Crippen molar-refractivity contribution in [1.82, 2.24) is 9.16 Å². The molecule has 0 saturated carbocycles. The van der Waals surface area contributed by atoms with Gasteiger partial charge in [0.1, 0.15) is 0 Å². The molecule has 7 heavy (non-hydrogen) atoms. The SMILES string of the molecule is CS1(P)N([O-])N1[O-]. The highest BCUT2D eigenvalue weighted by molar-refractivity contribution is 8.68. The van der Waals surface area contributed by atoms with E-state index in [0.717, 1.165) is 0 Å². The van der Waals surface area contributed by atoms with Crippen LogP contribution >= 0.6 is 18.5 Å². The van der Waals surface area contributed by atoms with Crippen molar-refractivity contribution in [3.05, 3.63) is 10.4 Å². The second-order valence-corrected chi connectivity index (χ2v) is 6.46. The minimum Gasteiger partial charge on any atom is -0.762 e. The third kappa shape index (κ3) is 0.661. The van der Waals surface area contributed by atoms with Gasteiger partial charge < -0.3 is 10.4 Å². The Morgan fingerprint density at radius 3 is 1.57 bits per heavy atom. The monoisotopic (exact) mass is 140 g/mol. The average Bonchev–Trinajstić information content (AvgIpc) is 1.91. The third-order valence-corrected chi connectivity index (χ3v) is 3.24. The van der Waals surface area contributed by atoms with Crippen LogP contribution in [0.3, 0.4) is 0 Å². The quantitative estimate of drug-likeness (QED) is 0.364. The minimum atomic E-state index is -1.60. The molecule has 0 aromatic rings. The second-order valence-electron chi connectivity index (χ2n) is 1.37. The zero-order valence-corrected chi connectivity index (χ0v) is 5.67. The summed E-state index contributed by atoms with van der Waals surface area (Å²) in [6, 6.07) is 0. The van der Waals surface area contributed by atoms with E-state index >= 15 is 0 Å². The zero-order chi connectivity index (χ0) is 5.65. The fraction of sp³-hybridized carbons (Fsp3) is 1.00. The molecule has 1 aliphatic heterocycles. The molecule has 0 bridgehead atoms. The maximum atomic E-state index is 10.1. The van der Waals surface area contributed by atoms with Crippen LogP contribution < -0.4 is 0 Å². The lowest BCUT2D eigenvalue weighted by Crippen LogP contribution is -1.85. The van der Waals surface area contributed by atoms with E-state index in [9.17, 15) is 10.4 Å². The Kier molecular flexibility index (Phi) is 1.08. The van der Waals surface area contributed by atoms with Gasteiger partial charge in [-0.1, -0.05) is 8.44 Å². The molecule has 3 atom stereocenters. The van der Waals surface area contributed by atoms with E-state index in [1.165, 1.54) is 0 Å². The molecule has 0 aliphatic carbocycles. The van der Waals surface area contributed by atoms with Crippen LogP contribution in [0.4, 0.5) is 0 Å². The molecule has 3 unspecified atom stereocenters. The van der Waals surface area contributed by atoms with Crippen molar-refractivity contribution in [2.24, 2.45) is 0 Å².